The maximum atomic E-state index is 13.0. The molecule has 0 unspecified atom stereocenters. The minimum Gasteiger partial charge on any atom is -0.502 e. The third-order valence-corrected chi connectivity index (χ3v) is 6.49. The highest BCUT2D eigenvalue weighted by Gasteiger charge is 2.33. The van der Waals surface area contributed by atoms with E-state index in [0.717, 1.165) is 19.1 Å². The molecule has 4 atom stereocenters. The number of nitro groups is 1. The Labute approximate surface area is 271 Å². The summed E-state index contributed by atoms with van der Waals surface area (Å²) >= 11 is 0. The lowest BCUT2D eigenvalue weighted by molar-refractivity contribution is -0.385. The van der Waals surface area contributed by atoms with Crippen LogP contribution in [0.25, 0.3) is 0 Å². The predicted molar refractivity (Wildman–Crippen MR) is 164 cm³/mol. The SMILES string of the molecule is C[C@@H](O)[C@H](NC(=O)CNC(=O)CNC(=O)c1ccccc1N)C(=O)N[C@@H](CC(=O)O)C(=O)N[C@@H](Cc1ccc(O)c([N+](=O)[O-])c1)C(N)=O. The Hall–Kier alpha value is -6.31. The number of nitrogen functional groups attached to an aromatic ring is 1. The Balaban J connectivity index is 2.03. The summed E-state index contributed by atoms with van der Waals surface area (Å²) in [5, 5.41) is 51.0. The van der Waals surface area contributed by atoms with Gasteiger partial charge in [0.25, 0.3) is 5.91 Å². The van der Waals surface area contributed by atoms with Gasteiger partial charge in [-0.05, 0) is 30.7 Å². The van der Waals surface area contributed by atoms with Gasteiger partial charge in [-0.15, -0.1) is 0 Å². The molecule has 0 radical (unpaired) electrons. The summed E-state index contributed by atoms with van der Waals surface area (Å²) in [6.45, 7) is -0.156. The lowest BCUT2D eigenvalue weighted by atomic mass is 10.0. The van der Waals surface area contributed by atoms with Crippen LogP contribution >= 0.6 is 0 Å². The molecule has 20 nitrogen and oxygen atoms in total. The molecule has 0 aromatic heterocycles. The van der Waals surface area contributed by atoms with Gasteiger partial charge < -0.3 is 53.4 Å². The standard InChI is InChI=1S/C28H34N8O12/c1-13(37)24(35-22(40)12-31-21(39)11-32-26(44)15-4-2-3-5-16(15)29)28(46)34-18(10-23(41)42)27(45)33-17(25(30)43)8-14-6-7-20(38)19(9-14)36(47)48/h2-7,9,13,17-18,24,37-38H,8,10-12,29H2,1H3,(H2,30,43)(H,31,39)(H,32,44)(H,33,45)(H,34,46)(H,35,40)(H,41,42)/t13-,17+,18+,24+/m1/s1. The fourth-order valence-electron chi connectivity index (χ4n) is 4.05. The van der Waals surface area contributed by atoms with Gasteiger partial charge in [0, 0.05) is 18.2 Å². The molecule has 2 aromatic carbocycles. The van der Waals surface area contributed by atoms with E-state index in [0.29, 0.717) is 0 Å². The van der Waals surface area contributed by atoms with Crippen LogP contribution in [0, 0.1) is 10.1 Å². The van der Waals surface area contributed by atoms with Crippen molar-refractivity contribution in [2.45, 2.75) is 44.0 Å². The first-order valence-corrected chi connectivity index (χ1v) is 13.9. The second-order valence-electron chi connectivity index (χ2n) is 10.2. The number of aliphatic carboxylic acids is 1. The van der Waals surface area contributed by atoms with Crippen molar-refractivity contribution < 1.29 is 53.8 Å². The average Bonchev–Trinajstić information content (AvgIpc) is 3.01. The Morgan fingerprint density at radius 1 is 0.896 bits per heavy atom. The van der Waals surface area contributed by atoms with Crippen LogP contribution in [0.3, 0.4) is 0 Å². The van der Waals surface area contributed by atoms with Gasteiger partial charge >= 0.3 is 11.7 Å². The number of nitro benzene ring substituents is 1. The van der Waals surface area contributed by atoms with E-state index in [4.69, 9.17) is 11.5 Å². The zero-order chi connectivity index (χ0) is 36.1. The minimum absolute atomic E-state index is 0.0923. The second-order valence-corrected chi connectivity index (χ2v) is 10.2. The van der Waals surface area contributed by atoms with E-state index in [-0.39, 0.29) is 16.8 Å². The number of rotatable bonds is 17. The topological polar surface area (TPSA) is 336 Å². The molecule has 0 heterocycles. The first-order chi connectivity index (χ1) is 22.5. The average molecular weight is 675 g/mol. The molecule has 0 fully saturated rings. The maximum Gasteiger partial charge on any atom is 0.310 e. The van der Waals surface area contributed by atoms with Crippen LogP contribution in [-0.4, -0.2) is 99.0 Å². The minimum atomic E-state index is -1.87. The highest BCUT2D eigenvalue weighted by atomic mass is 16.6. The Kier molecular flexibility index (Phi) is 13.7. The van der Waals surface area contributed by atoms with Crippen LogP contribution < -0.4 is 38.1 Å². The highest BCUT2D eigenvalue weighted by molar-refractivity contribution is 6.01. The summed E-state index contributed by atoms with van der Waals surface area (Å²) in [5.74, 6) is -8.22. The molecule has 12 N–H and O–H groups in total. The lowest BCUT2D eigenvalue weighted by Gasteiger charge is -2.25. The predicted octanol–water partition coefficient (Wildman–Crippen LogP) is -3.23. The van der Waals surface area contributed by atoms with Crippen molar-refractivity contribution >= 4 is 52.8 Å². The Bertz CT molecular complexity index is 1580. The summed E-state index contributed by atoms with van der Waals surface area (Å²) in [4.78, 5) is 96.4. The molecule has 2 rings (SSSR count). The number of nitrogens with one attached hydrogen (secondary N) is 5. The van der Waals surface area contributed by atoms with Gasteiger partial charge in [-0.3, -0.25) is 43.7 Å². The number of phenols is 1. The molecule has 0 aliphatic heterocycles. The number of aromatic hydroxyl groups is 1. The number of carboxylic acid groups (broad SMARTS) is 1. The van der Waals surface area contributed by atoms with Gasteiger partial charge in [-0.1, -0.05) is 18.2 Å². The van der Waals surface area contributed by atoms with Crippen LogP contribution in [0.1, 0.15) is 29.3 Å². The number of anilines is 1. The third kappa shape index (κ3) is 11.6. The molecule has 20 heteroatoms. The quantitative estimate of drug-likeness (QED) is 0.0449. The number of carbonyl (C=O) groups is 7. The first-order valence-electron chi connectivity index (χ1n) is 13.9. The van der Waals surface area contributed by atoms with Crippen molar-refractivity contribution in [1.82, 2.24) is 26.6 Å². The van der Waals surface area contributed by atoms with Crippen LogP contribution in [0.5, 0.6) is 5.75 Å². The number of hydrogen-bond acceptors (Lipinski definition) is 12. The number of phenolic OH excluding ortho intramolecular Hbond substituents is 1. The van der Waals surface area contributed by atoms with Crippen molar-refractivity contribution in [3.8, 4) is 5.75 Å². The van der Waals surface area contributed by atoms with Crippen LogP contribution in [0.15, 0.2) is 42.5 Å². The smallest absolute Gasteiger partial charge is 0.310 e. The van der Waals surface area contributed by atoms with Gasteiger partial charge in [0.05, 0.1) is 36.1 Å². The van der Waals surface area contributed by atoms with E-state index >= 15 is 0 Å². The number of nitrogens with zero attached hydrogens (tertiary/aromatic N) is 1. The van der Waals surface area contributed by atoms with E-state index in [2.05, 4.69) is 26.6 Å². The molecule has 0 aliphatic carbocycles. The van der Waals surface area contributed by atoms with Crippen molar-refractivity contribution in [3.63, 3.8) is 0 Å². The van der Waals surface area contributed by atoms with Crippen LogP contribution in [-0.2, 0) is 35.2 Å². The van der Waals surface area contributed by atoms with E-state index in [1.807, 2.05) is 0 Å². The number of amides is 6. The van der Waals surface area contributed by atoms with E-state index in [9.17, 15) is 59.0 Å². The highest BCUT2D eigenvalue weighted by Crippen LogP contribution is 2.26. The molecule has 0 spiro atoms. The molecular weight excluding hydrogens is 640 g/mol. The van der Waals surface area contributed by atoms with Crippen molar-refractivity contribution in [2.75, 3.05) is 18.8 Å². The normalized spacial score (nSPS) is 13.0. The van der Waals surface area contributed by atoms with E-state index < -0.39 is 108 Å². The number of aliphatic hydroxyl groups is 1. The van der Waals surface area contributed by atoms with Crippen molar-refractivity contribution in [1.29, 1.82) is 0 Å². The molecule has 0 saturated carbocycles. The van der Waals surface area contributed by atoms with Gasteiger partial charge in [0.2, 0.25) is 29.5 Å². The molecule has 6 amide bonds. The zero-order valence-electron chi connectivity index (χ0n) is 25.3. The zero-order valence-corrected chi connectivity index (χ0v) is 25.3. The van der Waals surface area contributed by atoms with Crippen molar-refractivity contribution in [3.05, 3.63) is 63.7 Å². The van der Waals surface area contributed by atoms with Crippen LogP contribution in [0.4, 0.5) is 11.4 Å². The number of para-hydroxylation sites is 1. The number of primary amides is 1. The molecular formula is C28H34N8O12. The number of aliphatic hydroxyl groups excluding tert-OH is 1. The fraction of sp³-hybridized carbons (Fsp3) is 0.321. The Morgan fingerprint density at radius 3 is 2.10 bits per heavy atom. The van der Waals surface area contributed by atoms with E-state index in [1.165, 1.54) is 18.2 Å². The summed E-state index contributed by atoms with van der Waals surface area (Å²) in [6.07, 6.45) is -3.04. The van der Waals surface area contributed by atoms with Gasteiger partial charge in [-0.2, -0.15) is 0 Å². The fourth-order valence-corrected chi connectivity index (χ4v) is 4.05. The summed E-state index contributed by atoms with van der Waals surface area (Å²) < 4.78 is 0. The number of benzene rings is 2. The number of carboxylic acids is 1. The van der Waals surface area contributed by atoms with Gasteiger partial charge in [0.1, 0.15) is 18.1 Å². The lowest BCUT2D eigenvalue weighted by Crippen LogP contribution is -2.59. The van der Waals surface area contributed by atoms with Crippen LogP contribution in [0.2, 0.25) is 0 Å². The molecule has 48 heavy (non-hydrogen) atoms. The first kappa shape index (κ1) is 37.9. The summed E-state index contributed by atoms with van der Waals surface area (Å²) in [5.41, 5.74) is 10.8. The summed E-state index contributed by atoms with van der Waals surface area (Å²) in [7, 11) is 0. The number of hydrogen-bond donors (Lipinski definition) is 10. The van der Waals surface area contributed by atoms with Crippen molar-refractivity contribution in [2.24, 2.45) is 5.73 Å². The number of nitrogens with two attached hydrogens (primary N) is 2. The summed E-state index contributed by atoms with van der Waals surface area (Å²) in [6, 6.07) is 4.05. The number of carbonyl (C=O) groups excluding carboxylic acids is 6. The molecule has 258 valence electrons. The molecule has 0 aliphatic rings. The molecule has 2 aromatic rings. The van der Waals surface area contributed by atoms with E-state index in [1.54, 1.807) is 12.1 Å². The molecule has 0 saturated heterocycles. The van der Waals surface area contributed by atoms with Gasteiger partial charge in [-0.25, -0.2) is 0 Å². The monoisotopic (exact) mass is 674 g/mol. The third-order valence-electron chi connectivity index (χ3n) is 6.49. The Morgan fingerprint density at radius 2 is 1.52 bits per heavy atom. The maximum absolute atomic E-state index is 13.0. The molecule has 0 bridgehead atoms. The van der Waals surface area contributed by atoms with Gasteiger partial charge in [0.15, 0.2) is 5.75 Å². The second kappa shape index (κ2) is 17.4. The largest absolute Gasteiger partial charge is 0.502 e.